The SMILES string of the molecule is CN1CCN(C(C(=O)Nc2ccc3c(c2)S(=O)(=O)CC3)c2ccccc2)CC1. The summed E-state index contributed by atoms with van der Waals surface area (Å²) in [6.45, 7) is 3.44. The third-order valence-corrected chi connectivity index (χ3v) is 7.37. The van der Waals surface area contributed by atoms with Crippen molar-refractivity contribution in [1.29, 1.82) is 0 Å². The number of hydrogen-bond acceptors (Lipinski definition) is 5. The largest absolute Gasteiger partial charge is 0.324 e. The van der Waals surface area contributed by atoms with Gasteiger partial charge >= 0.3 is 0 Å². The fraction of sp³-hybridized carbons (Fsp3) is 0.381. The lowest BCUT2D eigenvalue weighted by Gasteiger charge is -2.37. The molecule has 2 heterocycles. The summed E-state index contributed by atoms with van der Waals surface area (Å²) >= 11 is 0. The Balaban J connectivity index is 1.60. The molecule has 2 aromatic carbocycles. The number of nitrogens with zero attached hydrogens (tertiary/aromatic N) is 2. The number of rotatable bonds is 4. The van der Waals surface area contributed by atoms with Crippen LogP contribution in [-0.4, -0.2) is 63.1 Å². The van der Waals surface area contributed by atoms with E-state index in [9.17, 15) is 13.2 Å². The third kappa shape index (κ3) is 3.83. The van der Waals surface area contributed by atoms with Crippen LogP contribution in [0.2, 0.25) is 0 Å². The number of sulfone groups is 1. The molecule has 1 saturated heterocycles. The normalized spacial score (nSPS) is 20.5. The van der Waals surface area contributed by atoms with Crippen LogP contribution in [0.1, 0.15) is 17.2 Å². The van der Waals surface area contributed by atoms with Crippen LogP contribution in [0.3, 0.4) is 0 Å². The molecule has 28 heavy (non-hydrogen) atoms. The summed E-state index contributed by atoms with van der Waals surface area (Å²) in [4.78, 5) is 18.0. The van der Waals surface area contributed by atoms with Crippen molar-refractivity contribution in [3.05, 3.63) is 59.7 Å². The highest BCUT2D eigenvalue weighted by molar-refractivity contribution is 7.91. The van der Waals surface area contributed by atoms with Crippen molar-refractivity contribution in [1.82, 2.24) is 9.80 Å². The van der Waals surface area contributed by atoms with Crippen molar-refractivity contribution in [2.75, 3.05) is 44.3 Å². The van der Waals surface area contributed by atoms with E-state index in [1.807, 2.05) is 36.4 Å². The number of carbonyl (C=O) groups is 1. The molecule has 0 radical (unpaired) electrons. The Morgan fingerprint density at radius 2 is 1.75 bits per heavy atom. The number of hydrogen-bond donors (Lipinski definition) is 1. The summed E-state index contributed by atoms with van der Waals surface area (Å²) in [6, 6.07) is 14.6. The maximum atomic E-state index is 13.2. The predicted octanol–water partition coefficient (Wildman–Crippen LogP) is 1.94. The number of piperazine rings is 1. The molecule has 1 atom stereocenters. The predicted molar refractivity (Wildman–Crippen MR) is 109 cm³/mol. The number of benzene rings is 2. The average Bonchev–Trinajstić information content (AvgIpc) is 2.99. The first-order valence-electron chi connectivity index (χ1n) is 9.58. The number of nitrogens with one attached hydrogen (secondary N) is 1. The second-order valence-electron chi connectivity index (χ2n) is 7.53. The van der Waals surface area contributed by atoms with E-state index in [1.165, 1.54) is 0 Å². The van der Waals surface area contributed by atoms with Crippen LogP contribution in [0, 0.1) is 0 Å². The van der Waals surface area contributed by atoms with Crippen molar-refractivity contribution in [3.63, 3.8) is 0 Å². The second-order valence-corrected chi connectivity index (χ2v) is 9.61. The highest BCUT2D eigenvalue weighted by Crippen LogP contribution is 2.30. The minimum Gasteiger partial charge on any atom is -0.324 e. The van der Waals surface area contributed by atoms with E-state index in [4.69, 9.17) is 0 Å². The average molecular weight is 400 g/mol. The number of anilines is 1. The molecule has 0 spiro atoms. The van der Waals surface area contributed by atoms with E-state index >= 15 is 0 Å². The molecule has 2 aromatic rings. The molecular weight excluding hydrogens is 374 g/mol. The summed E-state index contributed by atoms with van der Waals surface area (Å²) in [5.41, 5.74) is 2.30. The fourth-order valence-corrected chi connectivity index (χ4v) is 5.52. The Hall–Kier alpha value is -2.22. The van der Waals surface area contributed by atoms with Crippen molar-refractivity contribution < 1.29 is 13.2 Å². The van der Waals surface area contributed by atoms with Crippen molar-refractivity contribution in [2.24, 2.45) is 0 Å². The smallest absolute Gasteiger partial charge is 0.246 e. The van der Waals surface area contributed by atoms with Crippen LogP contribution in [0.5, 0.6) is 0 Å². The summed E-state index contributed by atoms with van der Waals surface area (Å²) < 4.78 is 24.4. The molecular formula is C21H25N3O3S. The molecule has 1 N–H and O–H groups in total. The van der Waals surface area contributed by atoms with Crippen LogP contribution in [0.15, 0.2) is 53.4 Å². The molecule has 2 aliphatic rings. The Morgan fingerprint density at radius 1 is 1.04 bits per heavy atom. The van der Waals surface area contributed by atoms with Crippen LogP contribution >= 0.6 is 0 Å². The molecule has 7 heteroatoms. The zero-order valence-electron chi connectivity index (χ0n) is 16.0. The number of amides is 1. The minimum atomic E-state index is -3.23. The van der Waals surface area contributed by atoms with Gasteiger partial charge in [0.15, 0.2) is 9.84 Å². The molecule has 2 aliphatic heterocycles. The third-order valence-electron chi connectivity index (χ3n) is 5.58. The lowest BCUT2D eigenvalue weighted by Crippen LogP contribution is -2.48. The Morgan fingerprint density at radius 3 is 2.46 bits per heavy atom. The van der Waals surface area contributed by atoms with Crippen molar-refractivity contribution in [2.45, 2.75) is 17.4 Å². The number of likely N-dealkylation sites (N-methyl/N-ethyl adjacent to an activating group) is 1. The summed E-state index contributed by atoms with van der Waals surface area (Å²) in [5.74, 6) is 0.0133. The Kier molecular flexibility index (Phi) is 5.23. The summed E-state index contributed by atoms with van der Waals surface area (Å²) in [7, 11) is -1.15. The van der Waals surface area contributed by atoms with Gasteiger partial charge in [-0.25, -0.2) is 8.42 Å². The van der Waals surface area contributed by atoms with E-state index < -0.39 is 15.9 Å². The molecule has 1 fully saturated rings. The number of carbonyl (C=O) groups excluding carboxylic acids is 1. The second kappa shape index (κ2) is 7.66. The summed E-state index contributed by atoms with van der Waals surface area (Å²) in [6.07, 6.45) is 0.541. The molecule has 148 valence electrons. The number of aryl methyl sites for hydroxylation is 1. The molecule has 0 bridgehead atoms. The Bertz CT molecular complexity index is 968. The van der Waals surface area contributed by atoms with Gasteiger partial charge in [0.1, 0.15) is 6.04 Å². The van der Waals surface area contributed by atoms with Gasteiger partial charge < -0.3 is 10.2 Å². The molecule has 6 nitrogen and oxygen atoms in total. The van der Waals surface area contributed by atoms with Gasteiger partial charge in [-0.1, -0.05) is 36.4 Å². The van der Waals surface area contributed by atoms with Crippen molar-refractivity contribution in [3.8, 4) is 0 Å². The van der Waals surface area contributed by atoms with E-state index in [1.54, 1.807) is 12.1 Å². The first-order valence-corrected chi connectivity index (χ1v) is 11.2. The molecule has 4 rings (SSSR count). The van der Waals surface area contributed by atoms with Crippen LogP contribution in [-0.2, 0) is 21.1 Å². The van der Waals surface area contributed by atoms with Gasteiger partial charge in [-0.15, -0.1) is 0 Å². The van der Waals surface area contributed by atoms with Crippen LogP contribution < -0.4 is 5.32 Å². The van der Waals surface area contributed by atoms with Gasteiger partial charge in [0.05, 0.1) is 10.6 Å². The topological polar surface area (TPSA) is 69.7 Å². The first-order chi connectivity index (χ1) is 13.4. The van der Waals surface area contributed by atoms with Crippen LogP contribution in [0.25, 0.3) is 0 Å². The van der Waals surface area contributed by atoms with Crippen molar-refractivity contribution >= 4 is 21.4 Å². The van der Waals surface area contributed by atoms with Gasteiger partial charge in [0.2, 0.25) is 5.91 Å². The van der Waals surface area contributed by atoms with E-state index in [-0.39, 0.29) is 11.7 Å². The molecule has 0 saturated carbocycles. The molecule has 0 aliphatic carbocycles. The summed E-state index contributed by atoms with van der Waals surface area (Å²) in [5, 5.41) is 2.96. The fourth-order valence-electron chi connectivity index (χ4n) is 3.94. The van der Waals surface area contributed by atoms with Gasteiger partial charge in [-0.2, -0.15) is 0 Å². The van der Waals surface area contributed by atoms with Gasteiger partial charge in [0, 0.05) is 31.9 Å². The molecule has 1 unspecified atom stereocenters. The monoisotopic (exact) mass is 399 g/mol. The lowest BCUT2D eigenvalue weighted by molar-refractivity contribution is -0.122. The zero-order valence-corrected chi connectivity index (χ0v) is 16.8. The van der Waals surface area contributed by atoms with Gasteiger partial charge in [-0.3, -0.25) is 9.69 Å². The van der Waals surface area contributed by atoms with E-state index in [0.29, 0.717) is 17.0 Å². The van der Waals surface area contributed by atoms with Gasteiger partial charge in [-0.05, 0) is 36.7 Å². The van der Waals surface area contributed by atoms with Gasteiger partial charge in [0.25, 0.3) is 0 Å². The van der Waals surface area contributed by atoms with E-state index in [2.05, 4.69) is 22.2 Å². The zero-order chi connectivity index (χ0) is 19.7. The van der Waals surface area contributed by atoms with E-state index in [0.717, 1.165) is 37.3 Å². The highest BCUT2D eigenvalue weighted by Gasteiger charge is 2.31. The maximum absolute atomic E-state index is 13.2. The first kappa shape index (κ1) is 19.1. The maximum Gasteiger partial charge on any atom is 0.246 e. The number of fused-ring (bicyclic) bond motifs is 1. The lowest BCUT2D eigenvalue weighted by atomic mass is 10.0. The highest BCUT2D eigenvalue weighted by atomic mass is 32.2. The molecule has 0 aromatic heterocycles. The quantitative estimate of drug-likeness (QED) is 0.851. The standard InChI is InChI=1S/C21H25N3O3S/c1-23-10-12-24(13-11-23)20(17-5-3-2-4-6-17)21(25)22-18-8-7-16-9-14-28(26,27)19(16)15-18/h2-8,15,20H,9-14H2,1H3,(H,22,25). The Labute approximate surface area is 166 Å². The van der Waals surface area contributed by atoms with Crippen LogP contribution in [0.4, 0.5) is 5.69 Å². The molecule has 1 amide bonds. The minimum absolute atomic E-state index is 0.133.